The van der Waals surface area contributed by atoms with Gasteiger partial charge in [0.15, 0.2) is 0 Å². The summed E-state index contributed by atoms with van der Waals surface area (Å²) >= 11 is 1.63. The fourth-order valence-corrected chi connectivity index (χ4v) is 3.26. The Balaban J connectivity index is 1.73. The van der Waals surface area contributed by atoms with Gasteiger partial charge in [-0.2, -0.15) is 16.4 Å². The minimum absolute atomic E-state index is 0.0371. The summed E-state index contributed by atoms with van der Waals surface area (Å²) in [5.74, 6) is 0.0371. The van der Waals surface area contributed by atoms with E-state index >= 15 is 0 Å². The summed E-state index contributed by atoms with van der Waals surface area (Å²) in [5, 5.41) is 11.2. The molecule has 0 bridgehead atoms. The maximum atomic E-state index is 12.6. The van der Waals surface area contributed by atoms with Gasteiger partial charge in [0.2, 0.25) is 0 Å². The molecule has 4 nitrogen and oxygen atoms in total. The maximum absolute atomic E-state index is 12.6. The number of hydrogen-bond acceptors (Lipinski definition) is 3. The molecule has 5 heteroatoms. The third-order valence-electron chi connectivity index (χ3n) is 3.80. The smallest absolute Gasteiger partial charge is 0.272 e. The fourth-order valence-electron chi connectivity index (χ4n) is 2.61. The van der Waals surface area contributed by atoms with Crippen LogP contribution in [-0.2, 0) is 0 Å². The molecule has 3 rings (SSSR count). The molecule has 3 heterocycles. The van der Waals surface area contributed by atoms with Crippen molar-refractivity contribution in [1.82, 2.24) is 15.1 Å². The molecule has 1 amide bonds. The number of aromatic amines is 1. The van der Waals surface area contributed by atoms with Crippen molar-refractivity contribution in [3.63, 3.8) is 0 Å². The minimum atomic E-state index is 0.0371. The summed E-state index contributed by atoms with van der Waals surface area (Å²) in [6, 6.07) is 4.08. The first-order chi connectivity index (χ1) is 10.3. The first kappa shape index (κ1) is 14.1. The molecule has 0 radical (unpaired) electrons. The molecule has 1 atom stereocenters. The summed E-state index contributed by atoms with van der Waals surface area (Å²) in [6.45, 7) is 2.87. The zero-order chi connectivity index (χ0) is 14.7. The van der Waals surface area contributed by atoms with Crippen LogP contribution in [0, 0.1) is 0 Å². The zero-order valence-corrected chi connectivity index (χ0v) is 12.9. The molecule has 0 saturated carbocycles. The van der Waals surface area contributed by atoms with Crippen LogP contribution in [0.1, 0.15) is 36.7 Å². The summed E-state index contributed by atoms with van der Waals surface area (Å²) in [6.07, 6.45) is 7.54. The second kappa shape index (κ2) is 6.26. The molecule has 2 aromatic heterocycles. The fraction of sp³-hybridized carbons (Fsp3) is 0.375. The van der Waals surface area contributed by atoms with Crippen molar-refractivity contribution >= 4 is 17.2 Å². The highest BCUT2D eigenvalue weighted by Gasteiger charge is 2.26. The van der Waals surface area contributed by atoms with E-state index < -0.39 is 0 Å². The molecule has 0 aliphatic carbocycles. The van der Waals surface area contributed by atoms with Crippen molar-refractivity contribution in [1.29, 1.82) is 0 Å². The van der Waals surface area contributed by atoms with Crippen LogP contribution < -0.4 is 0 Å². The Kier molecular flexibility index (Phi) is 4.20. The Bertz CT molecular complexity index is 630. The number of H-pyrrole nitrogens is 1. The second-order valence-electron chi connectivity index (χ2n) is 5.27. The lowest BCUT2D eigenvalue weighted by Gasteiger charge is -2.23. The van der Waals surface area contributed by atoms with Crippen LogP contribution in [0.4, 0.5) is 0 Å². The minimum Gasteiger partial charge on any atom is -0.327 e. The quantitative estimate of drug-likeness (QED) is 0.856. The lowest BCUT2D eigenvalue weighted by Crippen LogP contribution is -2.36. The number of carbonyl (C=O) groups excluding carboxylic acids is 1. The third-order valence-corrected chi connectivity index (χ3v) is 4.48. The first-order valence-electron chi connectivity index (χ1n) is 7.35. The van der Waals surface area contributed by atoms with Crippen LogP contribution in [-0.4, -0.2) is 33.6 Å². The van der Waals surface area contributed by atoms with Gasteiger partial charge >= 0.3 is 0 Å². The van der Waals surface area contributed by atoms with E-state index in [2.05, 4.69) is 29.3 Å². The van der Waals surface area contributed by atoms with Gasteiger partial charge in [-0.05, 0) is 23.9 Å². The number of nitrogens with zero attached hydrogens (tertiary/aromatic N) is 2. The molecule has 0 fully saturated rings. The molecule has 110 valence electrons. The normalized spacial score (nSPS) is 17.6. The van der Waals surface area contributed by atoms with Crippen molar-refractivity contribution in [3.05, 3.63) is 40.7 Å². The van der Waals surface area contributed by atoms with Crippen molar-refractivity contribution in [2.75, 3.05) is 6.54 Å². The number of thiophene rings is 1. The van der Waals surface area contributed by atoms with Gasteiger partial charge in [-0.1, -0.05) is 31.9 Å². The Hall–Kier alpha value is -1.88. The van der Waals surface area contributed by atoms with E-state index in [4.69, 9.17) is 0 Å². The van der Waals surface area contributed by atoms with Crippen LogP contribution in [0.2, 0.25) is 0 Å². The third kappa shape index (κ3) is 2.93. The topological polar surface area (TPSA) is 49.0 Å². The monoisotopic (exact) mass is 301 g/mol. The Morgan fingerprint density at radius 1 is 1.57 bits per heavy atom. The van der Waals surface area contributed by atoms with E-state index in [1.165, 1.54) is 0 Å². The van der Waals surface area contributed by atoms with Gasteiger partial charge in [0, 0.05) is 17.5 Å². The maximum Gasteiger partial charge on any atom is 0.272 e. The summed E-state index contributed by atoms with van der Waals surface area (Å²) < 4.78 is 0. The van der Waals surface area contributed by atoms with E-state index in [0.29, 0.717) is 12.2 Å². The standard InChI is InChI=1S/C16H19N3OS/c1-2-3-5-13-6-4-8-19(13)16(20)15-10-14(17-18-15)12-7-9-21-11-12/h4,6-7,9-11,13H,2-3,5,8H2,1H3,(H,17,18). The van der Waals surface area contributed by atoms with Gasteiger partial charge in [0.1, 0.15) is 5.69 Å². The lowest BCUT2D eigenvalue weighted by atomic mass is 10.1. The highest BCUT2D eigenvalue weighted by atomic mass is 32.1. The number of hydrogen-bond donors (Lipinski definition) is 1. The van der Waals surface area contributed by atoms with Crippen molar-refractivity contribution in [3.8, 4) is 11.3 Å². The van der Waals surface area contributed by atoms with Crippen molar-refractivity contribution in [2.24, 2.45) is 0 Å². The van der Waals surface area contributed by atoms with Crippen molar-refractivity contribution < 1.29 is 4.79 Å². The Morgan fingerprint density at radius 2 is 2.48 bits per heavy atom. The Morgan fingerprint density at radius 3 is 3.24 bits per heavy atom. The molecule has 1 aliphatic rings. The van der Waals surface area contributed by atoms with Crippen LogP contribution in [0.25, 0.3) is 11.3 Å². The summed E-state index contributed by atoms with van der Waals surface area (Å²) in [7, 11) is 0. The first-order valence-corrected chi connectivity index (χ1v) is 8.29. The second-order valence-corrected chi connectivity index (χ2v) is 6.05. The number of carbonyl (C=O) groups is 1. The van der Waals surface area contributed by atoms with E-state index in [0.717, 1.165) is 30.5 Å². The molecular weight excluding hydrogens is 282 g/mol. The molecule has 0 spiro atoms. The number of nitrogens with one attached hydrogen (secondary N) is 1. The van der Waals surface area contributed by atoms with E-state index in [9.17, 15) is 4.79 Å². The van der Waals surface area contributed by atoms with Gasteiger partial charge in [-0.15, -0.1) is 0 Å². The predicted octanol–water partition coefficient (Wildman–Crippen LogP) is 3.71. The molecule has 21 heavy (non-hydrogen) atoms. The highest BCUT2D eigenvalue weighted by Crippen LogP contribution is 2.23. The molecule has 1 unspecified atom stereocenters. The number of aromatic nitrogens is 2. The molecule has 0 aromatic carbocycles. The number of amides is 1. The van der Waals surface area contributed by atoms with E-state index in [-0.39, 0.29) is 11.9 Å². The van der Waals surface area contributed by atoms with Crippen LogP contribution >= 0.6 is 11.3 Å². The lowest BCUT2D eigenvalue weighted by molar-refractivity contribution is 0.0737. The average molecular weight is 301 g/mol. The summed E-state index contributed by atoms with van der Waals surface area (Å²) in [5.41, 5.74) is 2.45. The highest BCUT2D eigenvalue weighted by molar-refractivity contribution is 7.08. The predicted molar refractivity (Wildman–Crippen MR) is 85.4 cm³/mol. The number of rotatable bonds is 5. The van der Waals surface area contributed by atoms with Crippen molar-refractivity contribution in [2.45, 2.75) is 32.2 Å². The van der Waals surface area contributed by atoms with Gasteiger partial charge in [0.05, 0.1) is 11.7 Å². The summed E-state index contributed by atoms with van der Waals surface area (Å²) in [4.78, 5) is 14.5. The van der Waals surface area contributed by atoms with Gasteiger partial charge in [-0.25, -0.2) is 0 Å². The molecular formula is C16H19N3OS. The van der Waals surface area contributed by atoms with Gasteiger partial charge < -0.3 is 4.90 Å². The van der Waals surface area contributed by atoms with Gasteiger partial charge in [0.25, 0.3) is 5.91 Å². The average Bonchev–Trinajstić information content (AvgIpc) is 3.24. The largest absolute Gasteiger partial charge is 0.327 e. The van der Waals surface area contributed by atoms with E-state index in [1.54, 1.807) is 11.3 Å². The molecule has 1 N–H and O–H groups in total. The SMILES string of the molecule is CCCCC1C=CCN1C(=O)c1cc(-c2ccsc2)n[nH]1. The van der Waals surface area contributed by atoms with Gasteiger partial charge in [-0.3, -0.25) is 9.89 Å². The van der Waals surface area contributed by atoms with Crippen LogP contribution in [0.5, 0.6) is 0 Å². The molecule has 1 aliphatic heterocycles. The molecule has 0 saturated heterocycles. The zero-order valence-electron chi connectivity index (χ0n) is 12.1. The van der Waals surface area contributed by atoms with Crippen LogP contribution in [0.3, 0.4) is 0 Å². The number of unbranched alkanes of at least 4 members (excludes halogenated alkanes) is 1. The molecule has 2 aromatic rings. The Labute approximate surface area is 128 Å². The van der Waals surface area contributed by atoms with E-state index in [1.807, 2.05) is 27.8 Å². The van der Waals surface area contributed by atoms with Crippen LogP contribution in [0.15, 0.2) is 35.0 Å².